The maximum Gasteiger partial charge on any atom is 0.251 e. The summed E-state index contributed by atoms with van der Waals surface area (Å²) < 4.78 is 0. The van der Waals surface area contributed by atoms with Crippen LogP contribution in [0.4, 0.5) is 0 Å². The summed E-state index contributed by atoms with van der Waals surface area (Å²) in [6, 6.07) is 5.32. The van der Waals surface area contributed by atoms with Gasteiger partial charge in [0.05, 0.1) is 0 Å². The number of nitrogens with one attached hydrogen (secondary N) is 1. The Bertz CT molecular complexity index is 346. The van der Waals surface area contributed by atoms with E-state index in [2.05, 4.69) is 5.32 Å². The lowest BCUT2D eigenvalue weighted by atomic mass is 10.1. The molecule has 0 atom stereocenters. The van der Waals surface area contributed by atoms with Gasteiger partial charge >= 0.3 is 0 Å². The van der Waals surface area contributed by atoms with Gasteiger partial charge < -0.3 is 5.32 Å². The highest BCUT2D eigenvalue weighted by molar-refractivity contribution is 6.31. The molecule has 0 bridgehead atoms. The molecule has 0 aliphatic carbocycles. The number of hydrogen-bond acceptors (Lipinski definition) is 1. The van der Waals surface area contributed by atoms with Gasteiger partial charge in [-0.1, -0.05) is 11.6 Å². The molecule has 0 radical (unpaired) electrons. The number of benzene rings is 1. The van der Waals surface area contributed by atoms with Gasteiger partial charge in [0.25, 0.3) is 5.91 Å². The lowest BCUT2D eigenvalue weighted by Crippen LogP contribution is -2.24. The van der Waals surface area contributed by atoms with Gasteiger partial charge in [-0.05, 0) is 43.5 Å². The summed E-state index contributed by atoms with van der Waals surface area (Å²) in [6.45, 7) is 2.56. The summed E-state index contributed by atoms with van der Waals surface area (Å²) in [5, 5.41) is 3.42. The molecule has 1 amide bonds. The third-order valence-electron chi connectivity index (χ3n) is 2.15. The van der Waals surface area contributed by atoms with Crippen molar-refractivity contribution >= 4 is 29.1 Å². The Labute approximate surface area is 106 Å². The number of amides is 1. The molecule has 2 nitrogen and oxygen atoms in total. The van der Waals surface area contributed by atoms with Gasteiger partial charge in [0.1, 0.15) is 0 Å². The van der Waals surface area contributed by atoms with E-state index in [9.17, 15) is 4.79 Å². The monoisotopic (exact) mass is 259 g/mol. The predicted molar refractivity (Wildman–Crippen MR) is 68.5 cm³/mol. The number of unbranched alkanes of at least 4 members (excludes halogenated alkanes) is 1. The Hall–Kier alpha value is -0.730. The van der Waals surface area contributed by atoms with E-state index in [1.807, 2.05) is 19.1 Å². The van der Waals surface area contributed by atoms with E-state index in [0.717, 1.165) is 18.4 Å². The van der Waals surface area contributed by atoms with Crippen molar-refractivity contribution in [3.05, 3.63) is 34.3 Å². The fraction of sp³-hybridized carbons (Fsp3) is 0.417. The molecular weight excluding hydrogens is 245 g/mol. The smallest absolute Gasteiger partial charge is 0.251 e. The minimum absolute atomic E-state index is 0.0832. The maximum absolute atomic E-state index is 11.7. The SMILES string of the molecule is Cc1cc(Cl)cc(C(=O)NCCCCCl)c1. The van der Waals surface area contributed by atoms with E-state index in [0.29, 0.717) is 23.0 Å². The van der Waals surface area contributed by atoms with Crippen molar-refractivity contribution in [2.75, 3.05) is 12.4 Å². The zero-order valence-electron chi connectivity index (χ0n) is 9.22. The van der Waals surface area contributed by atoms with Gasteiger partial charge in [-0.25, -0.2) is 0 Å². The van der Waals surface area contributed by atoms with Crippen LogP contribution in [0.2, 0.25) is 5.02 Å². The largest absolute Gasteiger partial charge is 0.352 e. The molecule has 88 valence electrons. The summed E-state index contributed by atoms with van der Waals surface area (Å²) in [5.41, 5.74) is 1.59. The zero-order valence-corrected chi connectivity index (χ0v) is 10.7. The van der Waals surface area contributed by atoms with Gasteiger partial charge in [-0.2, -0.15) is 0 Å². The van der Waals surface area contributed by atoms with Crippen LogP contribution in [0.15, 0.2) is 18.2 Å². The van der Waals surface area contributed by atoms with Crippen molar-refractivity contribution in [3.8, 4) is 0 Å². The van der Waals surface area contributed by atoms with Crippen LogP contribution in [-0.2, 0) is 0 Å². The average molecular weight is 260 g/mol. The van der Waals surface area contributed by atoms with E-state index in [-0.39, 0.29) is 5.91 Å². The lowest BCUT2D eigenvalue weighted by molar-refractivity contribution is 0.0953. The quantitative estimate of drug-likeness (QED) is 0.638. The molecule has 0 aliphatic rings. The number of aryl methyl sites for hydroxylation is 1. The van der Waals surface area contributed by atoms with E-state index >= 15 is 0 Å². The number of alkyl halides is 1. The minimum atomic E-state index is -0.0832. The van der Waals surface area contributed by atoms with Crippen molar-refractivity contribution in [1.29, 1.82) is 0 Å². The standard InChI is InChI=1S/C12H15Cl2NO/c1-9-6-10(8-11(14)7-9)12(16)15-5-3-2-4-13/h6-8H,2-5H2,1H3,(H,15,16). The molecule has 4 heteroatoms. The molecule has 0 aromatic heterocycles. The van der Waals surface area contributed by atoms with Crippen molar-refractivity contribution in [2.45, 2.75) is 19.8 Å². The second-order valence-electron chi connectivity index (χ2n) is 3.67. The normalized spacial score (nSPS) is 10.2. The topological polar surface area (TPSA) is 29.1 Å². The molecule has 1 rings (SSSR count). The third kappa shape index (κ3) is 4.42. The van der Waals surface area contributed by atoms with Crippen LogP contribution in [0.25, 0.3) is 0 Å². The molecule has 0 aliphatic heterocycles. The highest BCUT2D eigenvalue weighted by Crippen LogP contribution is 2.14. The number of carbonyl (C=O) groups excluding carboxylic acids is 1. The van der Waals surface area contributed by atoms with Crippen molar-refractivity contribution < 1.29 is 4.79 Å². The zero-order chi connectivity index (χ0) is 12.0. The Kier molecular flexibility index (Phi) is 5.64. The van der Waals surface area contributed by atoms with Crippen molar-refractivity contribution in [1.82, 2.24) is 5.32 Å². The van der Waals surface area contributed by atoms with Gasteiger partial charge in [0, 0.05) is 23.0 Å². The molecular formula is C12H15Cl2NO. The molecule has 1 aromatic rings. The fourth-order valence-corrected chi connectivity index (χ4v) is 1.87. The van der Waals surface area contributed by atoms with Crippen LogP contribution in [0, 0.1) is 6.92 Å². The lowest BCUT2D eigenvalue weighted by Gasteiger charge is -2.05. The number of hydrogen-bond donors (Lipinski definition) is 1. The van der Waals surface area contributed by atoms with Gasteiger partial charge in [0.15, 0.2) is 0 Å². The average Bonchev–Trinajstić information content (AvgIpc) is 2.22. The Balaban J connectivity index is 2.52. The van der Waals surface area contributed by atoms with Gasteiger partial charge in [-0.3, -0.25) is 4.79 Å². The van der Waals surface area contributed by atoms with E-state index in [1.54, 1.807) is 6.07 Å². The molecule has 1 aromatic carbocycles. The first-order valence-electron chi connectivity index (χ1n) is 5.25. The van der Waals surface area contributed by atoms with Gasteiger partial charge in [0.2, 0.25) is 0 Å². The first-order valence-corrected chi connectivity index (χ1v) is 6.16. The summed E-state index contributed by atoms with van der Waals surface area (Å²) in [6.07, 6.45) is 1.81. The van der Waals surface area contributed by atoms with Crippen LogP contribution >= 0.6 is 23.2 Å². The molecule has 0 saturated carbocycles. The molecule has 1 N–H and O–H groups in total. The molecule has 16 heavy (non-hydrogen) atoms. The van der Waals surface area contributed by atoms with Crippen LogP contribution < -0.4 is 5.32 Å². The van der Waals surface area contributed by atoms with E-state index in [4.69, 9.17) is 23.2 Å². The predicted octanol–water partition coefficient (Wildman–Crippen LogP) is 3.40. The summed E-state index contributed by atoms with van der Waals surface area (Å²) in [4.78, 5) is 11.7. The van der Waals surface area contributed by atoms with E-state index in [1.165, 1.54) is 0 Å². The fourth-order valence-electron chi connectivity index (χ4n) is 1.39. The van der Waals surface area contributed by atoms with Crippen molar-refractivity contribution in [2.24, 2.45) is 0 Å². The highest BCUT2D eigenvalue weighted by Gasteiger charge is 2.06. The molecule has 0 unspecified atom stereocenters. The molecule has 0 spiro atoms. The number of carbonyl (C=O) groups is 1. The van der Waals surface area contributed by atoms with E-state index < -0.39 is 0 Å². The van der Waals surface area contributed by atoms with Crippen LogP contribution in [-0.4, -0.2) is 18.3 Å². The number of halogens is 2. The first-order chi connectivity index (χ1) is 7.63. The Morgan fingerprint density at radius 2 is 2.06 bits per heavy atom. The Morgan fingerprint density at radius 3 is 2.69 bits per heavy atom. The summed E-state index contributed by atoms with van der Waals surface area (Å²) >= 11 is 11.4. The van der Waals surface area contributed by atoms with Crippen LogP contribution in [0.1, 0.15) is 28.8 Å². The van der Waals surface area contributed by atoms with Crippen molar-refractivity contribution in [3.63, 3.8) is 0 Å². The first kappa shape index (κ1) is 13.3. The third-order valence-corrected chi connectivity index (χ3v) is 2.64. The molecule has 0 fully saturated rings. The van der Waals surface area contributed by atoms with Gasteiger partial charge in [-0.15, -0.1) is 11.6 Å². The molecule has 0 saturated heterocycles. The second-order valence-corrected chi connectivity index (χ2v) is 4.48. The Morgan fingerprint density at radius 1 is 1.31 bits per heavy atom. The minimum Gasteiger partial charge on any atom is -0.352 e. The number of rotatable bonds is 5. The summed E-state index contributed by atoms with van der Waals surface area (Å²) in [5.74, 6) is 0.548. The van der Waals surface area contributed by atoms with Crippen LogP contribution in [0.3, 0.4) is 0 Å². The highest BCUT2D eigenvalue weighted by atomic mass is 35.5. The molecule has 0 heterocycles. The second kappa shape index (κ2) is 6.77. The maximum atomic E-state index is 11.7. The summed E-state index contributed by atoms with van der Waals surface area (Å²) in [7, 11) is 0. The van der Waals surface area contributed by atoms with Crippen LogP contribution in [0.5, 0.6) is 0 Å².